The molecule has 0 aliphatic rings. The zero-order valence-electron chi connectivity index (χ0n) is 10.4. The first-order valence-electron chi connectivity index (χ1n) is 5.50. The van der Waals surface area contributed by atoms with Crippen LogP contribution in [0.1, 0.15) is 6.42 Å². The highest BCUT2D eigenvalue weighted by atomic mass is 16.5. The number of benzene rings is 1. The van der Waals surface area contributed by atoms with E-state index >= 15 is 0 Å². The summed E-state index contributed by atoms with van der Waals surface area (Å²) in [6.45, 7) is -0.0678. The van der Waals surface area contributed by atoms with Gasteiger partial charge in [0.05, 0.1) is 13.7 Å². The first-order chi connectivity index (χ1) is 9.06. The highest BCUT2D eigenvalue weighted by Crippen LogP contribution is 2.30. The van der Waals surface area contributed by atoms with Crippen LogP contribution in [0.15, 0.2) is 18.2 Å². The average Bonchev–Trinajstić information content (AvgIpc) is 2.35. The van der Waals surface area contributed by atoms with Crippen molar-refractivity contribution in [3.05, 3.63) is 18.2 Å². The van der Waals surface area contributed by atoms with E-state index in [0.29, 0.717) is 17.2 Å². The quantitative estimate of drug-likeness (QED) is 0.622. The van der Waals surface area contributed by atoms with E-state index in [1.807, 2.05) is 0 Å². The molecule has 0 aliphatic carbocycles. The molecule has 7 nitrogen and oxygen atoms in total. The molecule has 19 heavy (non-hydrogen) atoms. The van der Waals surface area contributed by atoms with Gasteiger partial charge in [0.2, 0.25) is 5.91 Å². The molecule has 0 saturated heterocycles. The summed E-state index contributed by atoms with van der Waals surface area (Å²) in [4.78, 5) is 21.7. The molecular weight excluding hydrogens is 254 g/mol. The molecule has 1 aromatic rings. The predicted molar refractivity (Wildman–Crippen MR) is 66.5 cm³/mol. The Morgan fingerprint density at radius 1 is 1.32 bits per heavy atom. The third-order valence-electron chi connectivity index (χ3n) is 2.11. The number of carboxylic acids is 1. The van der Waals surface area contributed by atoms with Crippen LogP contribution in [0, 0.1) is 0 Å². The van der Waals surface area contributed by atoms with Crippen molar-refractivity contribution in [2.75, 3.05) is 25.6 Å². The summed E-state index contributed by atoms with van der Waals surface area (Å²) in [6.07, 6.45) is -0.612. The first-order valence-corrected chi connectivity index (χ1v) is 5.50. The minimum atomic E-state index is -1.21. The fourth-order valence-corrected chi connectivity index (χ4v) is 1.37. The van der Waals surface area contributed by atoms with Crippen LogP contribution in [0.25, 0.3) is 0 Å². The van der Waals surface area contributed by atoms with Crippen molar-refractivity contribution in [1.29, 1.82) is 0 Å². The molecule has 1 amide bonds. The first kappa shape index (κ1) is 14.8. The lowest BCUT2D eigenvalue weighted by molar-refractivity contribution is -0.139. The molecule has 3 N–H and O–H groups in total. The van der Waals surface area contributed by atoms with E-state index in [4.69, 9.17) is 19.7 Å². The second-order valence-corrected chi connectivity index (χ2v) is 3.56. The highest BCUT2D eigenvalue weighted by molar-refractivity contribution is 6.01. The smallest absolute Gasteiger partial charge is 0.312 e. The number of carbonyl (C=O) groups excluding carboxylic acids is 1. The fourth-order valence-electron chi connectivity index (χ4n) is 1.37. The number of aliphatic carboxylic acids is 1. The van der Waals surface area contributed by atoms with Crippen LogP contribution in [-0.2, 0) is 9.59 Å². The molecule has 7 heteroatoms. The Morgan fingerprint density at radius 2 is 2.05 bits per heavy atom. The van der Waals surface area contributed by atoms with Gasteiger partial charge >= 0.3 is 5.97 Å². The second-order valence-electron chi connectivity index (χ2n) is 3.56. The van der Waals surface area contributed by atoms with E-state index in [-0.39, 0.29) is 13.2 Å². The monoisotopic (exact) mass is 269 g/mol. The maximum absolute atomic E-state index is 11.3. The van der Waals surface area contributed by atoms with E-state index in [0.717, 1.165) is 0 Å². The van der Waals surface area contributed by atoms with Crippen molar-refractivity contribution < 1.29 is 29.3 Å². The van der Waals surface area contributed by atoms with Crippen LogP contribution < -0.4 is 14.8 Å². The molecule has 0 saturated carbocycles. The largest absolute Gasteiger partial charge is 0.493 e. The van der Waals surface area contributed by atoms with Crippen molar-refractivity contribution in [3.8, 4) is 11.5 Å². The predicted octanol–water partition coefficient (Wildman–Crippen LogP) is 0.479. The van der Waals surface area contributed by atoms with Crippen LogP contribution in [0.4, 0.5) is 5.69 Å². The zero-order valence-corrected chi connectivity index (χ0v) is 10.4. The number of carboxylic acid groups (broad SMARTS) is 1. The van der Waals surface area contributed by atoms with Crippen LogP contribution in [0.3, 0.4) is 0 Å². The third kappa shape index (κ3) is 4.84. The Morgan fingerprint density at radius 3 is 2.63 bits per heavy atom. The summed E-state index contributed by atoms with van der Waals surface area (Å²) < 4.78 is 10.3. The molecule has 0 fully saturated rings. The number of anilines is 1. The van der Waals surface area contributed by atoms with Gasteiger partial charge in [0.1, 0.15) is 13.0 Å². The van der Waals surface area contributed by atoms with Crippen LogP contribution in [0.2, 0.25) is 0 Å². The Bertz CT molecular complexity index is 460. The lowest BCUT2D eigenvalue weighted by Crippen LogP contribution is -2.16. The Balaban J connectivity index is 2.79. The molecule has 0 radical (unpaired) electrons. The Hall–Kier alpha value is -2.28. The topological polar surface area (TPSA) is 105 Å². The van der Waals surface area contributed by atoms with Crippen LogP contribution in [0.5, 0.6) is 11.5 Å². The van der Waals surface area contributed by atoms with Crippen molar-refractivity contribution in [2.24, 2.45) is 0 Å². The number of aliphatic hydroxyl groups is 1. The van der Waals surface area contributed by atoms with Gasteiger partial charge in [0.25, 0.3) is 0 Å². The number of methoxy groups -OCH3 is 1. The summed E-state index contributed by atoms with van der Waals surface area (Å²) in [5.74, 6) is -1.04. The number of carbonyl (C=O) groups is 2. The molecule has 0 aliphatic heterocycles. The number of hydrogen-bond acceptors (Lipinski definition) is 5. The maximum Gasteiger partial charge on any atom is 0.312 e. The van der Waals surface area contributed by atoms with Crippen molar-refractivity contribution in [1.82, 2.24) is 0 Å². The number of amides is 1. The third-order valence-corrected chi connectivity index (χ3v) is 2.11. The highest BCUT2D eigenvalue weighted by Gasteiger charge is 2.10. The fraction of sp³-hybridized carbons (Fsp3) is 0.333. The van der Waals surface area contributed by atoms with Crippen LogP contribution >= 0.6 is 0 Å². The van der Waals surface area contributed by atoms with E-state index < -0.39 is 18.3 Å². The number of nitrogens with one attached hydrogen (secondary N) is 1. The summed E-state index contributed by atoms with van der Waals surface area (Å²) >= 11 is 0. The van der Waals surface area contributed by atoms with Gasteiger partial charge in [-0.3, -0.25) is 9.59 Å². The number of rotatable bonds is 7. The average molecular weight is 269 g/mol. The second kappa shape index (κ2) is 7.22. The number of aliphatic hydroxyl groups excluding tert-OH is 1. The van der Waals surface area contributed by atoms with Gasteiger partial charge in [-0.05, 0) is 12.1 Å². The zero-order chi connectivity index (χ0) is 14.3. The van der Waals surface area contributed by atoms with Crippen molar-refractivity contribution in [2.45, 2.75) is 6.42 Å². The standard InChI is InChI=1S/C12H15NO6/c1-18-9-3-2-8(6-10(9)19-5-4-14)13-11(15)7-12(16)17/h2-3,6,14H,4-5,7H2,1H3,(H,13,15)(H,16,17). The molecule has 104 valence electrons. The number of ether oxygens (including phenoxy) is 2. The number of hydrogen-bond donors (Lipinski definition) is 3. The molecule has 0 spiro atoms. The molecule has 0 unspecified atom stereocenters. The lowest BCUT2D eigenvalue weighted by atomic mass is 10.2. The SMILES string of the molecule is COc1ccc(NC(=O)CC(=O)O)cc1OCCO. The van der Waals surface area contributed by atoms with E-state index in [1.54, 1.807) is 12.1 Å². The van der Waals surface area contributed by atoms with Crippen molar-refractivity contribution >= 4 is 17.6 Å². The Labute approximate surface area is 109 Å². The van der Waals surface area contributed by atoms with Gasteiger partial charge in [0.15, 0.2) is 11.5 Å². The van der Waals surface area contributed by atoms with Gasteiger partial charge < -0.3 is 25.0 Å². The normalized spacial score (nSPS) is 9.79. The molecular formula is C12H15NO6. The summed E-state index contributed by atoms with van der Waals surface area (Å²) in [6, 6.07) is 4.63. The van der Waals surface area contributed by atoms with E-state index in [9.17, 15) is 9.59 Å². The molecule has 0 bridgehead atoms. The van der Waals surface area contributed by atoms with Gasteiger partial charge in [-0.1, -0.05) is 0 Å². The van der Waals surface area contributed by atoms with Gasteiger partial charge in [-0.25, -0.2) is 0 Å². The van der Waals surface area contributed by atoms with E-state index in [2.05, 4.69) is 5.32 Å². The molecule has 0 atom stereocenters. The molecule has 0 aromatic heterocycles. The van der Waals surface area contributed by atoms with E-state index in [1.165, 1.54) is 13.2 Å². The van der Waals surface area contributed by atoms with Crippen LogP contribution in [-0.4, -0.2) is 42.4 Å². The molecule has 1 rings (SSSR count). The van der Waals surface area contributed by atoms with Crippen molar-refractivity contribution in [3.63, 3.8) is 0 Å². The Kier molecular flexibility index (Phi) is 5.62. The molecule has 0 heterocycles. The van der Waals surface area contributed by atoms with Gasteiger partial charge in [-0.2, -0.15) is 0 Å². The summed E-state index contributed by atoms with van der Waals surface area (Å²) in [7, 11) is 1.46. The minimum absolute atomic E-state index is 0.0862. The minimum Gasteiger partial charge on any atom is -0.493 e. The maximum atomic E-state index is 11.3. The van der Waals surface area contributed by atoms with Gasteiger partial charge in [-0.15, -0.1) is 0 Å². The summed E-state index contributed by atoms with van der Waals surface area (Å²) in [5, 5.41) is 19.6. The molecule has 1 aromatic carbocycles. The lowest BCUT2D eigenvalue weighted by Gasteiger charge is -2.12. The summed E-state index contributed by atoms with van der Waals surface area (Å²) in [5.41, 5.74) is 0.389. The van der Waals surface area contributed by atoms with Gasteiger partial charge in [0, 0.05) is 11.8 Å².